The summed E-state index contributed by atoms with van der Waals surface area (Å²) >= 11 is 0. The Bertz CT molecular complexity index is 202. The number of unbranched alkanes of at least 4 members (excludes halogenated alkanes) is 9. The van der Waals surface area contributed by atoms with Gasteiger partial charge in [0, 0.05) is 0 Å². The molecule has 0 amide bonds. The fourth-order valence-electron chi connectivity index (χ4n) is 2.36. The van der Waals surface area contributed by atoms with Crippen molar-refractivity contribution in [2.45, 2.75) is 97.0 Å². The highest BCUT2D eigenvalue weighted by molar-refractivity contribution is 4.89. The Morgan fingerprint density at radius 3 is 2.05 bits per heavy atom. The van der Waals surface area contributed by atoms with Gasteiger partial charge in [0.25, 0.3) is 0 Å². The molecule has 0 heterocycles. The van der Waals surface area contributed by atoms with E-state index in [9.17, 15) is 0 Å². The maximum Gasteiger partial charge on any atom is 0.111 e. The summed E-state index contributed by atoms with van der Waals surface area (Å²) in [7, 11) is 1.60. The van der Waals surface area contributed by atoms with E-state index in [0.717, 1.165) is 12.8 Å². The SMILES string of the molecule is CCCCCC=CC(CCCCCCCCC)OOC. The Labute approximate surface area is 126 Å². The molecule has 0 N–H and O–H groups in total. The Hall–Kier alpha value is -0.340. The van der Waals surface area contributed by atoms with Gasteiger partial charge in [-0.1, -0.05) is 83.8 Å². The summed E-state index contributed by atoms with van der Waals surface area (Å²) < 4.78 is 0. The monoisotopic (exact) mass is 284 g/mol. The minimum atomic E-state index is 0.136. The van der Waals surface area contributed by atoms with E-state index in [1.54, 1.807) is 7.11 Å². The zero-order valence-electron chi connectivity index (χ0n) is 14.0. The van der Waals surface area contributed by atoms with Crippen LogP contribution in [0.5, 0.6) is 0 Å². The molecule has 120 valence electrons. The first-order valence-electron chi connectivity index (χ1n) is 8.71. The smallest absolute Gasteiger partial charge is 0.111 e. The molecule has 0 aliphatic heterocycles. The highest BCUT2D eigenvalue weighted by Gasteiger charge is 2.05. The van der Waals surface area contributed by atoms with Gasteiger partial charge in [0.15, 0.2) is 0 Å². The highest BCUT2D eigenvalue weighted by atomic mass is 17.2. The van der Waals surface area contributed by atoms with Gasteiger partial charge < -0.3 is 0 Å². The van der Waals surface area contributed by atoms with Crippen LogP contribution in [-0.4, -0.2) is 13.2 Å². The minimum Gasteiger partial charge on any atom is -0.239 e. The van der Waals surface area contributed by atoms with Gasteiger partial charge in [-0.2, -0.15) is 0 Å². The highest BCUT2D eigenvalue weighted by Crippen LogP contribution is 2.12. The molecule has 0 spiro atoms. The van der Waals surface area contributed by atoms with Gasteiger partial charge in [-0.3, -0.25) is 0 Å². The average Bonchev–Trinajstić information content (AvgIpc) is 2.46. The van der Waals surface area contributed by atoms with Crippen LogP contribution in [0.1, 0.15) is 90.9 Å². The van der Waals surface area contributed by atoms with Gasteiger partial charge >= 0.3 is 0 Å². The third-order valence-corrected chi connectivity index (χ3v) is 3.64. The van der Waals surface area contributed by atoms with Crippen molar-refractivity contribution in [2.75, 3.05) is 7.11 Å². The van der Waals surface area contributed by atoms with Crippen molar-refractivity contribution in [3.63, 3.8) is 0 Å². The van der Waals surface area contributed by atoms with Crippen molar-refractivity contribution in [3.8, 4) is 0 Å². The summed E-state index contributed by atoms with van der Waals surface area (Å²) in [5.41, 5.74) is 0. The summed E-state index contributed by atoms with van der Waals surface area (Å²) in [5, 5.41) is 0. The molecule has 20 heavy (non-hydrogen) atoms. The van der Waals surface area contributed by atoms with Gasteiger partial charge in [-0.05, 0) is 19.3 Å². The van der Waals surface area contributed by atoms with E-state index in [1.807, 2.05) is 0 Å². The second-order valence-electron chi connectivity index (χ2n) is 5.64. The third-order valence-electron chi connectivity index (χ3n) is 3.64. The van der Waals surface area contributed by atoms with Crippen LogP contribution in [0.15, 0.2) is 12.2 Å². The van der Waals surface area contributed by atoms with Crippen molar-refractivity contribution < 1.29 is 9.78 Å². The zero-order valence-corrected chi connectivity index (χ0v) is 14.0. The summed E-state index contributed by atoms with van der Waals surface area (Å²) in [6.45, 7) is 4.50. The van der Waals surface area contributed by atoms with E-state index in [-0.39, 0.29) is 6.10 Å². The first kappa shape index (κ1) is 19.7. The lowest BCUT2D eigenvalue weighted by atomic mass is 10.1. The molecule has 0 saturated heterocycles. The Kier molecular flexibility index (Phi) is 16.4. The maximum absolute atomic E-state index is 5.31. The lowest BCUT2D eigenvalue weighted by molar-refractivity contribution is -0.294. The molecular weight excluding hydrogens is 248 g/mol. The number of rotatable bonds is 15. The van der Waals surface area contributed by atoms with E-state index in [1.165, 1.54) is 64.2 Å². The Morgan fingerprint density at radius 2 is 1.40 bits per heavy atom. The number of hydrogen-bond donors (Lipinski definition) is 0. The molecule has 0 saturated carbocycles. The van der Waals surface area contributed by atoms with Crippen LogP contribution in [0.4, 0.5) is 0 Å². The lowest BCUT2D eigenvalue weighted by Gasteiger charge is -2.11. The fraction of sp³-hybridized carbons (Fsp3) is 0.889. The fourth-order valence-corrected chi connectivity index (χ4v) is 2.36. The van der Waals surface area contributed by atoms with Crippen molar-refractivity contribution >= 4 is 0 Å². The molecule has 0 rings (SSSR count). The summed E-state index contributed by atoms with van der Waals surface area (Å²) in [6.07, 6.45) is 20.1. The largest absolute Gasteiger partial charge is 0.239 e. The van der Waals surface area contributed by atoms with Crippen LogP contribution >= 0.6 is 0 Å². The molecule has 2 heteroatoms. The van der Waals surface area contributed by atoms with Gasteiger partial charge in [0.1, 0.15) is 6.10 Å². The van der Waals surface area contributed by atoms with Gasteiger partial charge in [0.05, 0.1) is 7.11 Å². The maximum atomic E-state index is 5.31. The van der Waals surface area contributed by atoms with Crippen LogP contribution in [0, 0.1) is 0 Å². The first-order chi connectivity index (χ1) is 9.85. The topological polar surface area (TPSA) is 18.5 Å². The molecular formula is C18H36O2. The van der Waals surface area contributed by atoms with Gasteiger partial charge in [-0.15, -0.1) is 0 Å². The van der Waals surface area contributed by atoms with E-state index < -0.39 is 0 Å². The molecule has 0 aliphatic rings. The van der Waals surface area contributed by atoms with E-state index in [4.69, 9.17) is 9.78 Å². The van der Waals surface area contributed by atoms with Crippen molar-refractivity contribution in [1.29, 1.82) is 0 Å². The zero-order chi connectivity index (χ0) is 14.9. The molecule has 0 radical (unpaired) electrons. The molecule has 0 fully saturated rings. The van der Waals surface area contributed by atoms with Crippen LogP contribution < -0.4 is 0 Å². The molecule has 0 aromatic heterocycles. The van der Waals surface area contributed by atoms with Crippen LogP contribution in [0.25, 0.3) is 0 Å². The third kappa shape index (κ3) is 14.1. The second kappa shape index (κ2) is 16.7. The van der Waals surface area contributed by atoms with Crippen molar-refractivity contribution in [2.24, 2.45) is 0 Å². The number of allylic oxidation sites excluding steroid dienone is 1. The van der Waals surface area contributed by atoms with E-state index >= 15 is 0 Å². The molecule has 0 bridgehead atoms. The molecule has 0 aromatic carbocycles. The molecule has 0 aliphatic carbocycles. The van der Waals surface area contributed by atoms with Gasteiger partial charge in [0.2, 0.25) is 0 Å². The van der Waals surface area contributed by atoms with E-state index in [0.29, 0.717) is 0 Å². The number of hydrogen-bond acceptors (Lipinski definition) is 2. The molecule has 1 atom stereocenters. The standard InChI is InChI=1S/C18H36O2/c1-4-6-8-10-11-13-15-17-18(20-19-3)16-14-12-9-7-5-2/h14,16,18H,4-13,15,17H2,1-3H3. The quantitative estimate of drug-likeness (QED) is 0.154. The summed E-state index contributed by atoms with van der Waals surface area (Å²) in [5.74, 6) is 0. The van der Waals surface area contributed by atoms with Crippen LogP contribution in [0.2, 0.25) is 0 Å². The van der Waals surface area contributed by atoms with Crippen molar-refractivity contribution in [3.05, 3.63) is 12.2 Å². The normalized spacial score (nSPS) is 13.2. The Morgan fingerprint density at radius 1 is 0.800 bits per heavy atom. The van der Waals surface area contributed by atoms with Crippen molar-refractivity contribution in [1.82, 2.24) is 0 Å². The molecule has 2 nitrogen and oxygen atoms in total. The van der Waals surface area contributed by atoms with Crippen LogP contribution in [-0.2, 0) is 9.78 Å². The summed E-state index contributed by atoms with van der Waals surface area (Å²) in [4.78, 5) is 10.1. The predicted octanol–water partition coefficient (Wildman–Crippen LogP) is 6.21. The first-order valence-corrected chi connectivity index (χ1v) is 8.71. The van der Waals surface area contributed by atoms with Gasteiger partial charge in [-0.25, -0.2) is 9.78 Å². The average molecular weight is 284 g/mol. The Balaban J connectivity index is 3.58. The summed E-state index contributed by atoms with van der Waals surface area (Å²) in [6, 6.07) is 0. The second-order valence-corrected chi connectivity index (χ2v) is 5.64. The lowest BCUT2D eigenvalue weighted by Crippen LogP contribution is -2.09. The molecule has 0 aromatic rings. The predicted molar refractivity (Wildman–Crippen MR) is 87.8 cm³/mol. The minimum absolute atomic E-state index is 0.136. The molecule has 1 unspecified atom stereocenters. The van der Waals surface area contributed by atoms with E-state index in [2.05, 4.69) is 26.0 Å². The van der Waals surface area contributed by atoms with Crippen LogP contribution in [0.3, 0.4) is 0 Å².